The summed E-state index contributed by atoms with van der Waals surface area (Å²) in [5.74, 6) is -2.35. The maximum atomic E-state index is 13.3. The van der Waals surface area contributed by atoms with Crippen LogP contribution in [0.1, 0.15) is 10.4 Å². The molecule has 0 saturated carbocycles. The van der Waals surface area contributed by atoms with Gasteiger partial charge in [-0.3, -0.25) is 4.79 Å². The van der Waals surface area contributed by atoms with Gasteiger partial charge in [0.25, 0.3) is 0 Å². The van der Waals surface area contributed by atoms with Gasteiger partial charge in [0.05, 0.1) is 12.2 Å². The third-order valence-corrected chi connectivity index (χ3v) is 2.43. The van der Waals surface area contributed by atoms with E-state index in [0.29, 0.717) is 13.2 Å². The van der Waals surface area contributed by atoms with Crippen molar-refractivity contribution in [3.8, 4) is 0 Å². The Kier molecular flexibility index (Phi) is 3.26. The molecule has 1 aromatic rings. The number of hydrogen-bond acceptors (Lipinski definition) is 3. The minimum Gasteiger partial charge on any atom is -0.367 e. The molecular weight excluding hydrogens is 216 g/mol. The Morgan fingerprint density at radius 2 is 2.06 bits per heavy atom. The largest absolute Gasteiger partial charge is 0.367 e. The molecule has 1 unspecified atom stereocenters. The lowest BCUT2D eigenvalue weighted by Gasteiger charge is -2.22. The SMILES string of the molecule is O=C(c1c(F)cccc1F)C1CNCCO1. The fourth-order valence-electron chi connectivity index (χ4n) is 1.63. The molecule has 16 heavy (non-hydrogen) atoms. The minimum atomic E-state index is -0.848. The van der Waals surface area contributed by atoms with Crippen molar-refractivity contribution in [2.45, 2.75) is 6.10 Å². The van der Waals surface area contributed by atoms with Crippen LogP contribution < -0.4 is 5.32 Å². The lowest BCUT2D eigenvalue weighted by atomic mass is 10.0. The fraction of sp³-hybridized carbons (Fsp3) is 0.364. The molecule has 86 valence electrons. The van der Waals surface area contributed by atoms with Crippen LogP contribution >= 0.6 is 0 Å². The summed E-state index contributed by atoms with van der Waals surface area (Å²) in [6, 6.07) is 3.35. The van der Waals surface area contributed by atoms with Crippen molar-refractivity contribution in [3.63, 3.8) is 0 Å². The molecule has 0 radical (unpaired) electrons. The standard InChI is InChI=1S/C11H11F2NO2/c12-7-2-1-3-8(13)10(7)11(15)9-6-14-4-5-16-9/h1-3,9,14H,4-6H2. The van der Waals surface area contributed by atoms with Gasteiger partial charge >= 0.3 is 0 Å². The molecule has 1 aliphatic heterocycles. The Bertz CT molecular complexity index is 383. The highest BCUT2D eigenvalue weighted by Crippen LogP contribution is 2.16. The van der Waals surface area contributed by atoms with E-state index in [-0.39, 0.29) is 6.54 Å². The number of ketones is 1. The van der Waals surface area contributed by atoms with Gasteiger partial charge in [-0.2, -0.15) is 0 Å². The van der Waals surface area contributed by atoms with Gasteiger partial charge in [-0.05, 0) is 12.1 Å². The van der Waals surface area contributed by atoms with E-state index in [4.69, 9.17) is 4.74 Å². The molecule has 0 aromatic heterocycles. The van der Waals surface area contributed by atoms with Crippen molar-refractivity contribution in [1.82, 2.24) is 5.32 Å². The molecule has 1 N–H and O–H groups in total. The van der Waals surface area contributed by atoms with Crippen LogP contribution in [0.2, 0.25) is 0 Å². The Balaban J connectivity index is 2.26. The monoisotopic (exact) mass is 227 g/mol. The second-order valence-electron chi connectivity index (χ2n) is 3.52. The van der Waals surface area contributed by atoms with Gasteiger partial charge in [0.2, 0.25) is 0 Å². The molecule has 1 saturated heterocycles. The second kappa shape index (κ2) is 4.67. The van der Waals surface area contributed by atoms with E-state index in [9.17, 15) is 13.6 Å². The molecule has 5 heteroatoms. The summed E-state index contributed by atoms with van der Waals surface area (Å²) in [6.07, 6.45) is -0.805. The maximum absolute atomic E-state index is 13.3. The molecule has 1 heterocycles. The van der Waals surface area contributed by atoms with E-state index in [1.165, 1.54) is 6.07 Å². The van der Waals surface area contributed by atoms with Crippen LogP contribution in [0.4, 0.5) is 8.78 Å². The van der Waals surface area contributed by atoms with E-state index in [2.05, 4.69) is 5.32 Å². The van der Waals surface area contributed by atoms with Gasteiger partial charge in [0.15, 0.2) is 5.78 Å². The average Bonchev–Trinajstić information content (AvgIpc) is 2.30. The van der Waals surface area contributed by atoms with Gasteiger partial charge in [-0.1, -0.05) is 6.07 Å². The first-order chi connectivity index (χ1) is 7.70. The zero-order valence-corrected chi connectivity index (χ0v) is 8.50. The number of Topliss-reactive ketones (excluding diaryl/α,β-unsaturated/α-hetero) is 1. The predicted molar refractivity (Wildman–Crippen MR) is 53.3 cm³/mol. The van der Waals surface area contributed by atoms with E-state index < -0.39 is 29.1 Å². The number of hydrogen-bond donors (Lipinski definition) is 1. The molecule has 0 bridgehead atoms. The zero-order chi connectivity index (χ0) is 11.5. The topological polar surface area (TPSA) is 38.3 Å². The van der Waals surface area contributed by atoms with E-state index in [0.717, 1.165) is 12.1 Å². The normalized spacial score (nSPS) is 20.8. The molecule has 1 fully saturated rings. The molecule has 3 nitrogen and oxygen atoms in total. The van der Waals surface area contributed by atoms with E-state index in [1.54, 1.807) is 0 Å². The molecule has 0 spiro atoms. The number of rotatable bonds is 2. The second-order valence-corrected chi connectivity index (χ2v) is 3.52. The number of nitrogens with one attached hydrogen (secondary N) is 1. The third kappa shape index (κ3) is 2.10. The minimum absolute atomic E-state index is 0.284. The average molecular weight is 227 g/mol. The Hall–Kier alpha value is -1.33. The Morgan fingerprint density at radius 3 is 2.62 bits per heavy atom. The highest BCUT2D eigenvalue weighted by Gasteiger charge is 2.27. The molecule has 1 aromatic carbocycles. The van der Waals surface area contributed by atoms with Gasteiger partial charge in [-0.25, -0.2) is 8.78 Å². The van der Waals surface area contributed by atoms with Crippen molar-refractivity contribution in [2.75, 3.05) is 19.7 Å². The summed E-state index contributed by atoms with van der Waals surface area (Å²) in [4.78, 5) is 11.8. The molecule has 1 atom stereocenters. The van der Waals surface area contributed by atoms with Crippen LogP contribution in [-0.4, -0.2) is 31.6 Å². The molecule has 0 amide bonds. The van der Waals surface area contributed by atoms with Crippen LogP contribution in [0.25, 0.3) is 0 Å². The van der Waals surface area contributed by atoms with Crippen molar-refractivity contribution in [1.29, 1.82) is 0 Å². The molecule has 2 rings (SSSR count). The lowest BCUT2D eigenvalue weighted by molar-refractivity contribution is 0.0263. The van der Waals surface area contributed by atoms with Crippen molar-refractivity contribution < 1.29 is 18.3 Å². The van der Waals surface area contributed by atoms with Gasteiger partial charge < -0.3 is 10.1 Å². The van der Waals surface area contributed by atoms with Crippen molar-refractivity contribution in [2.24, 2.45) is 0 Å². The van der Waals surface area contributed by atoms with Crippen molar-refractivity contribution in [3.05, 3.63) is 35.4 Å². The Labute approximate surface area is 91.4 Å². The number of ether oxygens (including phenoxy) is 1. The van der Waals surface area contributed by atoms with Gasteiger partial charge in [0, 0.05) is 13.1 Å². The van der Waals surface area contributed by atoms with Crippen LogP contribution in [0.5, 0.6) is 0 Å². The van der Waals surface area contributed by atoms with Crippen LogP contribution in [0.3, 0.4) is 0 Å². The molecule has 0 aliphatic carbocycles. The quantitative estimate of drug-likeness (QED) is 0.770. The fourth-order valence-corrected chi connectivity index (χ4v) is 1.63. The van der Waals surface area contributed by atoms with E-state index >= 15 is 0 Å². The third-order valence-electron chi connectivity index (χ3n) is 2.43. The van der Waals surface area contributed by atoms with Crippen molar-refractivity contribution >= 4 is 5.78 Å². The highest BCUT2D eigenvalue weighted by molar-refractivity contribution is 6.00. The number of benzene rings is 1. The number of carbonyl (C=O) groups is 1. The summed E-state index contributed by atoms with van der Waals surface area (Å²) < 4.78 is 31.8. The predicted octanol–water partition coefficient (Wildman–Crippen LogP) is 1.14. The highest BCUT2D eigenvalue weighted by atomic mass is 19.1. The summed E-state index contributed by atoms with van der Waals surface area (Å²) >= 11 is 0. The first kappa shape index (κ1) is 11.2. The summed E-state index contributed by atoms with van der Waals surface area (Å²) in [7, 11) is 0. The first-order valence-electron chi connectivity index (χ1n) is 5.00. The number of carbonyl (C=O) groups excluding carboxylic acids is 1. The maximum Gasteiger partial charge on any atom is 0.198 e. The van der Waals surface area contributed by atoms with Gasteiger partial charge in [0.1, 0.15) is 17.7 Å². The first-order valence-corrected chi connectivity index (χ1v) is 5.00. The summed E-state index contributed by atoms with van der Waals surface area (Å²) in [5, 5.41) is 2.93. The zero-order valence-electron chi connectivity index (χ0n) is 8.50. The number of morpholine rings is 1. The Morgan fingerprint density at radius 1 is 1.38 bits per heavy atom. The molecule has 1 aliphatic rings. The number of halogens is 2. The van der Waals surface area contributed by atoms with Gasteiger partial charge in [-0.15, -0.1) is 0 Å². The van der Waals surface area contributed by atoms with E-state index in [1.807, 2.05) is 0 Å². The van der Waals surface area contributed by atoms with Crippen LogP contribution in [0, 0.1) is 11.6 Å². The summed E-state index contributed by atoms with van der Waals surface area (Å²) in [5.41, 5.74) is -0.517. The summed E-state index contributed by atoms with van der Waals surface area (Å²) in [6.45, 7) is 1.29. The lowest BCUT2D eigenvalue weighted by Crippen LogP contribution is -2.43. The smallest absolute Gasteiger partial charge is 0.198 e. The van der Waals surface area contributed by atoms with Crippen LogP contribution in [0.15, 0.2) is 18.2 Å². The molecular formula is C11H11F2NO2. The van der Waals surface area contributed by atoms with Crippen LogP contribution in [-0.2, 0) is 4.74 Å².